The number of nitriles is 1. The molecule has 1 heterocycles. The molecule has 0 fully saturated rings. The van der Waals surface area contributed by atoms with Crippen LogP contribution in [0.1, 0.15) is 11.1 Å². The fourth-order valence-corrected chi connectivity index (χ4v) is 2.76. The van der Waals surface area contributed by atoms with Crippen molar-refractivity contribution in [3.8, 4) is 6.07 Å². The highest BCUT2D eigenvalue weighted by molar-refractivity contribution is 6.03. The number of nitrogens with one attached hydrogen (secondary N) is 1. The molecule has 3 rings (SSSR count). The van der Waals surface area contributed by atoms with Gasteiger partial charge in [0.25, 0.3) is 5.91 Å². The Bertz CT molecular complexity index is 1120. The lowest BCUT2D eigenvalue weighted by molar-refractivity contribution is -0.137. The van der Waals surface area contributed by atoms with Gasteiger partial charge in [-0.25, -0.2) is 4.39 Å². The molecule has 0 aliphatic rings. The van der Waals surface area contributed by atoms with E-state index in [1.807, 2.05) is 0 Å². The van der Waals surface area contributed by atoms with Gasteiger partial charge in [0.15, 0.2) is 0 Å². The summed E-state index contributed by atoms with van der Waals surface area (Å²) in [5.41, 5.74) is -0.975. The Morgan fingerprint density at radius 2 is 1.93 bits per heavy atom. The van der Waals surface area contributed by atoms with Crippen LogP contribution in [0.25, 0.3) is 10.9 Å². The Morgan fingerprint density at radius 1 is 1.18 bits per heavy atom. The molecule has 0 aliphatic carbocycles. The van der Waals surface area contributed by atoms with Crippen LogP contribution in [-0.2, 0) is 17.5 Å². The third-order valence-corrected chi connectivity index (χ3v) is 4.12. The molecule has 3 aromatic rings. The first-order valence-corrected chi connectivity index (χ1v) is 8.04. The third-order valence-electron chi connectivity index (χ3n) is 4.12. The average Bonchev–Trinajstić information content (AvgIpc) is 3.02. The maximum atomic E-state index is 13.3. The molecule has 28 heavy (non-hydrogen) atoms. The molecule has 0 unspecified atom stereocenters. The summed E-state index contributed by atoms with van der Waals surface area (Å²) in [6.07, 6.45) is -3.06. The van der Waals surface area contributed by atoms with E-state index in [-0.39, 0.29) is 23.6 Å². The topological polar surface area (TPSA) is 57.8 Å². The van der Waals surface area contributed by atoms with Crippen LogP contribution >= 0.6 is 0 Å². The fraction of sp³-hybridized carbons (Fsp3) is 0.100. The summed E-state index contributed by atoms with van der Waals surface area (Å²) in [6.45, 7) is 3.75. The van der Waals surface area contributed by atoms with Gasteiger partial charge in [-0.3, -0.25) is 4.79 Å². The molecule has 0 bridgehead atoms. The second-order valence-corrected chi connectivity index (χ2v) is 6.07. The molecule has 8 heteroatoms. The van der Waals surface area contributed by atoms with Crippen LogP contribution in [-0.4, -0.2) is 10.5 Å². The van der Waals surface area contributed by atoms with Crippen LogP contribution in [0.4, 0.5) is 23.2 Å². The lowest BCUT2D eigenvalue weighted by Crippen LogP contribution is -2.18. The van der Waals surface area contributed by atoms with Gasteiger partial charge in [0.1, 0.15) is 5.82 Å². The standard InChI is InChI=1S/C20H13F4N3O/c1-12(11-27-7-6-13-8-15(21)3-5-18(13)27)19(28)26-16-4-2-14(10-25)17(9-16)20(22,23)24/h2-9H,1,11H2,(H,26,28). The molecule has 4 nitrogen and oxygen atoms in total. The minimum atomic E-state index is -4.72. The van der Waals surface area contributed by atoms with Crippen LogP contribution in [0.15, 0.2) is 60.8 Å². The number of fused-ring (bicyclic) bond motifs is 1. The van der Waals surface area contributed by atoms with Gasteiger partial charge in [-0.2, -0.15) is 18.4 Å². The number of benzene rings is 2. The second kappa shape index (κ2) is 7.19. The summed E-state index contributed by atoms with van der Waals surface area (Å²) in [5, 5.41) is 11.8. The summed E-state index contributed by atoms with van der Waals surface area (Å²) in [5.74, 6) is -1.05. The van der Waals surface area contributed by atoms with E-state index in [4.69, 9.17) is 5.26 Å². The number of hydrogen-bond donors (Lipinski definition) is 1. The fourth-order valence-electron chi connectivity index (χ4n) is 2.76. The van der Waals surface area contributed by atoms with Crippen molar-refractivity contribution < 1.29 is 22.4 Å². The molecule has 2 aromatic carbocycles. The summed E-state index contributed by atoms with van der Waals surface area (Å²) < 4.78 is 54.0. The minimum absolute atomic E-state index is 0.0728. The second-order valence-electron chi connectivity index (χ2n) is 6.07. The first kappa shape index (κ1) is 19.2. The predicted octanol–water partition coefficient (Wildman–Crippen LogP) is 4.87. The van der Waals surface area contributed by atoms with Crippen molar-refractivity contribution in [2.24, 2.45) is 0 Å². The first-order valence-electron chi connectivity index (χ1n) is 8.04. The van der Waals surface area contributed by atoms with E-state index < -0.39 is 23.2 Å². The smallest absolute Gasteiger partial charge is 0.343 e. The number of carbonyl (C=O) groups excluding carboxylic acids is 1. The molecule has 0 saturated carbocycles. The Labute approximate surface area is 157 Å². The zero-order valence-corrected chi connectivity index (χ0v) is 14.3. The maximum absolute atomic E-state index is 13.3. The van der Waals surface area contributed by atoms with E-state index in [1.54, 1.807) is 22.9 Å². The summed E-state index contributed by atoms with van der Waals surface area (Å²) in [6, 6.07) is 10.3. The van der Waals surface area contributed by atoms with Crippen molar-refractivity contribution in [1.29, 1.82) is 5.26 Å². The monoisotopic (exact) mass is 387 g/mol. The summed E-state index contributed by atoms with van der Waals surface area (Å²) in [4.78, 5) is 12.3. The number of rotatable bonds is 4. The Kier molecular flexibility index (Phi) is 4.92. The molecular weight excluding hydrogens is 374 g/mol. The molecular formula is C20H13F4N3O. The predicted molar refractivity (Wildman–Crippen MR) is 95.8 cm³/mol. The third kappa shape index (κ3) is 3.88. The van der Waals surface area contributed by atoms with Crippen LogP contribution in [0.3, 0.4) is 0 Å². The summed E-state index contributed by atoms with van der Waals surface area (Å²) >= 11 is 0. The molecule has 1 N–H and O–H groups in total. The maximum Gasteiger partial charge on any atom is 0.417 e. The number of amides is 1. The molecule has 0 atom stereocenters. The number of alkyl halides is 3. The highest BCUT2D eigenvalue weighted by atomic mass is 19.4. The minimum Gasteiger partial charge on any atom is -0.343 e. The van der Waals surface area contributed by atoms with Gasteiger partial charge in [0.05, 0.1) is 23.7 Å². The Hall–Kier alpha value is -3.60. The van der Waals surface area contributed by atoms with E-state index in [0.29, 0.717) is 17.0 Å². The van der Waals surface area contributed by atoms with Crippen molar-refractivity contribution >= 4 is 22.5 Å². The van der Waals surface area contributed by atoms with E-state index in [2.05, 4.69) is 11.9 Å². The van der Waals surface area contributed by atoms with Gasteiger partial charge >= 0.3 is 6.18 Å². The molecule has 1 amide bonds. The van der Waals surface area contributed by atoms with Gasteiger partial charge in [-0.1, -0.05) is 6.58 Å². The van der Waals surface area contributed by atoms with Gasteiger partial charge in [0, 0.05) is 28.4 Å². The Morgan fingerprint density at radius 3 is 2.61 bits per heavy atom. The quantitative estimate of drug-likeness (QED) is 0.513. The van der Waals surface area contributed by atoms with Crippen molar-refractivity contribution in [2.75, 3.05) is 5.32 Å². The van der Waals surface area contributed by atoms with Gasteiger partial charge < -0.3 is 9.88 Å². The average molecular weight is 387 g/mol. The van der Waals surface area contributed by atoms with Gasteiger partial charge in [-0.05, 0) is 42.5 Å². The van der Waals surface area contributed by atoms with Crippen LogP contribution in [0.5, 0.6) is 0 Å². The van der Waals surface area contributed by atoms with E-state index >= 15 is 0 Å². The van der Waals surface area contributed by atoms with Crippen LogP contribution in [0, 0.1) is 17.1 Å². The van der Waals surface area contributed by atoms with Gasteiger partial charge in [-0.15, -0.1) is 0 Å². The van der Waals surface area contributed by atoms with E-state index in [1.165, 1.54) is 24.3 Å². The zero-order valence-electron chi connectivity index (χ0n) is 14.3. The number of hydrogen-bond acceptors (Lipinski definition) is 2. The lowest BCUT2D eigenvalue weighted by atomic mass is 10.1. The number of halogens is 4. The Balaban J connectivity index is 1.77. The number of anilines is 1. The normalized spacial score (nSPS) is 11.2. The molecule has 0 aliphatic heterocycles. The van der Waals surface area contributed by atoms with E-state index in [9.17, 15) is 22.4 Å². The molecule has 0 spiro atoms. The van der Waals surface area contributed by atoms with Gasteiger partial charge in [0.2, 0.25) is 0 Å². The van der Waals surface area contributed by atoms with Crippen molar-refractivity contribution in [2.45, 2.75) is 12.7 Å². The highest BCUT2D eigenvalue weighted by Crippen LogP contribution is 2.33. The SMILES string of the molecule is C=C(Cn1ccc2cc(F)ccc21)C(=O)Nc1ccc(C#N)c(C(F)(F)F)c1. The highest BCUT2D eigenvalue weighted by Gasteiger charge is 2.34. The zero-order chi connectivity index (χ0) is 20.5. The van der Waals surface area contributed by atoms with Crippen molar-refractivity contribution in [3.05, 3.63) is 77.8 Å². The number of aromatic nitrogens is 1. The van der Waals surface area contributed by atoms with E-state index in [0.717, 1.165) is 6.07 Å². The molecule has 142 valence electrons. The largest absolute Gasteiger partial charge is 0.417 e. The van der Waals surface area contributed by atoms with Crippen molar-refractivity contribution in [1.82, 2.24) is 4.57 Å². The molecule has 1 aromatic heterocycles. The van der Waals surface area contributed by atoms with Crippen LogP contribution < -0.4 is 5.32 Å². The molecule has 0 saturated heterocycles. The first-order chi connectivity index (χ1) is 13.2. The number of nitrogens with zero attached hydrogens (tertiary/aromatic N) is 2. The summed E-state index contributed by atoms with van der Waals surface area (Å²) in [7, 11) is 0. The van der Waals surface area contributed by atoms with Crippen LogP contribution in [0.2, 0.25) is 0 Å². The molecule has 0 radical (unpaired) electrons. The number of carbonyl (C=O) groups is 1. The van der Waals surface area contributed by atoms with Crippen molar-refractivity contribution in [3.63, 3.8) is 0 Å². The lowest BCUT2D eigenvalue weighted by Gasteiger charge is -2.13.